The maximum absolute atomic E-state index is 5.34. The number of aromatic nitrogens is 2. The highest BCUT2D eigenvalue weighted by Crippen LogP contribution is 2.29. The van der Waals surface area contributed by atoms with E-state index in [9.17, 15) is 0 Å². The van der Waals surface area contributed by atoms with Crippen molar-refractivity contribution in [2.45, 2.75) is 20.3 Å². The maximum atomic E-state index is 5.34. The Hall–Kier alpha value is -3.28. The van der Waals surface area contributed by atoms with Gasteiger partial charge in [-0.2, -0.15) is 0 Å². The predicted molar refractivity (Wildman–Crippen MR) is 109 cm³/mol. The maximum Gasteiger partial charge on any atom is 0.165 e. The fourth-order valence-corrected chi connectivity index (χ4v) is 3.05. The van der Waals surface area contributed by atoms with Crippen molar-refractivity contribution in [1.82, 2.24) is 15.3 Å². The molecule has 0 saturated carbocycles. The number of ether oxygens (including phenoxy) is 1. The summed E-state index contributed by atoms with van der Waals surface area (Å²) in [4.78, 5) is 18.7. The molecule has 136 valence electrons. The van der Waals surface area contributed by atoms with E-state index in [1.807, 2.05) is 37.3 Å². The molecule has 6 nitrogen and oxygen atoms in total. The van der Waals surface area contributed by atoms with Crippen LogP contribution in [0, 0.1) is 6.92 Å². The smallest absolute Gasteiger partial charge is 0.165 e. The molecular weight excluding hydrogens is 338 g/mol. The number of hydrogen-bond donors (Lipinski definition) is 1. The van der Waals surface area contributed by atoms with Gasteiger partial charge in [0.1, 0.15) is 11.6 Å². The van der Waals surface area contributed by atoms with Gasteiger partial charge in [-0.3, -0.25) is 4.99 Å². The Morgan fingerprint density at radius 3 is 2.78 bits per heavy atom. The summed E-state index contributed by atoms with van der Waals surface area (Å²) in [5, 5.41) is 4.17. The van der Waals surface area contributed by atoms with Crippen LogP contribution in [0.3, 0.4) is 0 Å². The molecule has 2 heterocycles. The van der Waals surface area contributed by atoms with Gasteiger partial charge in [-0.05, 0) is 43.7 Å². The van der Waals surface area contributed by atoms with Crippen molar-refractivity contribution in [3.8, 4) is 17.1 Å². The first-order valence-corrected chi connectivity index (χ1v) is 8.91. The molecule has 0 aliphatic carbocycles. The van der Waals surface area contributed by atoms with Crippen molar-refractivity contribution < 1.29 is 4.74 Å². The molecule has 2 aromatic carbocycles. The van der Waals surface area contributed by atoms with Crippen LogP contribution in [-0.4, -0.2) is 35.3 Å². The third-order valence-corrected chi connectivity index (χ3v) is 4.42. The third kappa shape index (κ3) is 3.65. The summed E-state index contributed by atoms with van der Waals surface area (Å²) < 4.78 is 5.34. The van der Waals surface area contributed by atoms with Crippen LogP contribution in [0.2, 0.25) is 0 Å². The van der Waals surface area contributed by atoms with Crippen molar-refractivity contribution in [2.24, 2.45) is 9.98 Å². The van der Waals surface area contributed by atoms with Gasteiger partial charge in [0, 0.05) is 23.9 Å². The van der Waals surface area contributed by atoms with E-state index in [0.29, 0.717) is 11.6 Å². The van der Waals surface area contributed by atoms with Crippen LogP contribution < -0.4 is 10.1 Å². The summed E-state index contributed by atoms with van der Waals surface area (Å²) in [6.07, 6.45) is 0.767. The van der Waals surface area contributed by atoms with E-state index in [1.165, 1.54) is 0 Å². The number of aryl methyl sites for hydroxylation is 1. The fraction of sp³-hybridized carbons (Fsp3) is 0.238. The summed E-state index contributed by atoms with van der Waals surface area (Å²) >= 11 is 0. The summed E-state index contributed by atoms with van der Waals surface area (Å²) in [5.41, 5.74) is 2.92. The highest BCUT2D eigenvalue weighted by Gasteiger charge is 2.13. The van der Waals surface area contributed by atoms with E-state index >= 15 is 0 Å². The van der Waals surface area contributed by atoms with Crippen molar-refractivity contribution in [3.63, 3.8) is 0 Å². The number of hydrogen-bond acceptors (Lipinski definition) is 5. The minimum Gasteiger partial charge on any atom is -0.497 e. The lowest BCUT2D eigenvalue weighted by atomic mass is 10.1. The number of methoxy groups -OCH3 is 1. The standard InChI is InChI=1S/C21H21N5O/c1-13-7-8-17-18(11-13)24-20(15-5-4-6-16(12-15)27-3)26-21(17)25-19-9-10-22-14(2)23-19/h4-8,11-12H,9-10H2,1-3H3,(H,22,23,24,25,26). The Balaban J connectivity index is 1.88. The zero-order valence-corrected chi connectivity index (χ0v) is 15.7. The molecule has 1 aromatic heterocycles. The van der Waals surface area contributed by atoms with Gasteiger partial charge in [-0.1, -0.05) is 18.2 Å². The van der Waals surface area contributed by atoms with Crippen molar-refractivity contribution in [3.05, 3.63) is 48.0 Å². The number of amidine groups is 2. The Morgan fingerprint density at radius 1 is 1.07 bits per heavy atom. The summed E-state index contributed by atoms with van der Waals surface area (Å²) in [7, 11) is 1.65. The molecule has 0 saturated heterocycles. The number of nitrogens with one attached hydrogen (secondary N) is 1. The van der Waals surface area contributed by atoms with Crippen LogP contribution in [-0.2, 0) is 0 Å². The molecule has 0 fully saturated rings. The lowest BCUT2D eigenvalue weighted by Gasteiger charge is -2.14. The van der Waals surface area contributed by atoms with E-state index in [4.69, 9.17) is 19.7 Å². The fourth-order valence-electron chi connectivity index (χ4n) is 3.05. The molecule has 1 N–H and O–H groups in total. The highest BCUT2D eigenvalue weighted by atomic mass is 16.5. The van der Waals surface area contributed by atoms with Gasteiger partial charge in [-0.25, -0.2) is 15.0 Å². The van der Waals surface area contributed by atoms with E-state index in [-0.39, 0.29) is 0 Å². The number of benzene rings is 2. The lowest BCUT2D eigenvalue weighted by Crippen LogP contribution is -2.32. The zero-order valence-electron chi connectivity index (χ0n) is 15.7. The minimum atomic E-state index is 0.632. The van der Waals surface area contributed by atoms with Crippen LogP contribution in [0.4, 0.5) is 5.82 Å². The second kappa shape index (κ2) is 7.15. The lowest BCUT2D eigenvalue weighted by molar-refractivity contribution is 0.415. The zero-order chi connectivity index (χ0) is 18.8. The van der Waals surface area contributed by atoms with E-state index < -0.39 is 0 Å². The van der Waals surface area contributed by atoms with Gasteiger partial charge < -0.3 is 10.1 Å². The molecule has 3 aromatic rings. The van der Waals surface area contributed by atoms with Crippen molar-refractivity contribution in [2.75, 3.05) is 13.7 Å². The number of nitrogens with zero attached hydrogens (tertiary/aromatic N) is 4. The van der Waals surface area contributed by atoms with Gasteiger partial charge >= 0.3 is 0 Å². The van der Waals surface area contributed by atoms with Gasteiger partial charge in [0.05, 0.1) is 18.5 Å². The first kappa shape index (κ1) is 17.1. The monoisotopic (exact) mass is 359 g/mol. The molecule has 0 radical (unpaired) electrons. The molecule has 1 aliphatic heterocycles. The number of fused-ring (bicyclic) bond motifs is 1. The minimum absolute atomic E-state index is 0.632. The summed E-state index contributed by atoms with van der Waals surface area (Å²) in [6.45, 7) is 4.74. The Morgan fingerprint density at radius 2 is 1.96 bits per heavy atom. The molecule has 0 bridgehead atoms. The van der Waals surface area contributed by atoms with Gasteiger partial charge in [0.25, 0.3) is 0 Å². The molecule has 0 atom stereocenters. The van der Waals surface area contributed by atoms with Gasteiger partial charge in [0.2, 0.25) is 0 Å². The first-order valence-electron chi connectivity index (χ1n) is 8.91. The average molecular weight is 359 g/mol. The molecule has 0 spiro atoms. The van der Waals surface area contributed by atoms with Crippen LogP contribution in [0.1, 0.15) is 18.9 Å². The van der Waals surface area contributed by atoms with Crippen LogP contribution in [0.15, 0.2) is 52.4 Å². The molecular formula is C21H21N5O. The third-order valence-electron chi connectivity index (χ3n) is 4.42. The molecule has 4 rings (SSSR count). The second-order valence-electron chi connectivity index (χ2n) is 6.52. The first-order chi connectivity index (χ1) is 13.1. The van der Waals surface area contributed by atoms with Crippen molar-refractivity contribution >= 4 is 28.4 Å². The average Bonchev–Trinajstić information content (AvgIpc) is 2.67. The summed E-state index contributed by atoms with van der Waals surface area (Å²) in [6, 6.07) is 13.9. The molecule has 0 unspecified atom stereocenters. The SMILES string of the molecule is COc1cccc(-c2nc(N=C3CCN=C(C)N3)c3ccc(C)cc3n2)c1. The Labute approximate surface area is 158 Å². The van der Waals surface area contributed by atoms with Gasteiger partial charge in [-0.15, -0.1) is 0 Å². The van der Waals surface area contributed by atoms with Crippen LogP contribution >= 0.6 is 0 Å². The number of rotatable bonds is 3. The molecule has 0 amide bonds. The molecule has 6 heteroatoms. The van der Waals surface area contributed by atoms with E-state index in [2.05, 4.69) is 29.4 Å². The van der Waals surface area contributed by atoms with Crippen LogP contribution in [0.25, 0.3) is 22.3 Å². The summed E-state index contributed by atoms with van der Waals surface area (Å²) in [5.74, 6) is 3.82. The molecule has 27 heavy (non-hydrogen) atoms. The van der Waals surface area contributed by atoms with E-state index in [0.717, 1.165) is 52.4 Å². The normalized spacial score (nSPS) is 15.5. The topological polar surface area (TPSA) is 71.8 Å². The quantitative estimate of drug-likeness (QED) is 0.766. The number of aliphatic imine (C=N–C) groups is 2. The second-order valence-corrected chi connectivity index (χ2v) is 6.52. The Bertz CT molecular complexity index is 1070. The Kier molecular flexibility index (Phi) is 4.54. The largest absolute Gasteiger partial charge is 0.497 e. The van der Waals surface area contributed by atoms with Crippen molar-refractivity contribution in [1.29, 1.82) is 0 Å². The van der Waals surface area contributed by atoms with E-state index in [1.54, 1.807) is 7.11 Å². The predicted octanol–water partition coefficient (Wildman–Crippen LogP) is 4.06. The van der Waals surface area contributed by atoms with Crippen LogP contribution in [0.5, 0.6) is 5.75 Å². The van der Waals surface area contributed by atoms with Gasteiger partial charge in [0.15, 0.2) is 11.6 Å². The molecule has 1 aliphatic rings. The highest BCUT2D eigenvalue weighted by molar-refractivity contribution is 6.03.